The van der Waals surface area contributed by atoms with Crippen molar-refractivity contribution < 1.29 is 9.47 Å². The van der Waals surface area contributed by atoms with Gasteiger partial charge in [-0.3, -0.25) is 0 Å². The van der Waals surface area contributed by atoms with Crippen molar-refractivity contribution in [2.24, 2.45) is 0 Å². The number of rotatable bonds is 2. The third kappa shape index (κ3) is 2.20. The molecule has 0 aromatic carbocycles. The first-order valence-electron chi connectivity index (χ1n) is 4.47. The van der Waals surface area contributed by atoms with Gasteiger partial charge in [-0.15, -0.1) is 11.6 Å². The highest BCUT2D eigenvalue weighted by Crippen LogP contribution is 2.17. The van der Waals surface area contributed by atoms with Crippen LogP contribution in [0.25, 0.3) is 0 Å². The van der Waals surface area contributed by atoms with Crippen molar-refractivity contribution in [2.75, 3.05) is 19.8 Å². The summed E-state index contributed by atoms with van der Waals surface area (Å²) < 4.78 is 10.7. The molecule has 14 heavy (non-hydrogen) atoms. The maximum Gasteiger partial charge on any atom is 0.159 e. The van der Waals surface area contributed by atoms with Crippen molar-refractivity contribution in [3.8, 4) is 0 Å². The van der Waals surface area contributed by atoms with Gasteiger partial charge in [-0.2, -0.15) is 0 Å². The minimum Gasteiger partial charge on any atom is -0.376 e. The van der Waals surface area contributed by atoms with E-state index in [4.69, 9.17) is 21.1 Å². The molecule has 1 fully saturated rings. The molecule has 0 bridgehead atoms. The topological polar surface area (TPSA) is 44.2 Å². The number of ether oxygens (including phenoxy) is 2. The summed E-state index contributed by atoms with van der Waals surface area (Å²) in [4.78, 5) is 8.40. The van der Waals surface area contributed by atoms with Crippen LogP contribution in [0, 0.1) is 0 Å². The number of nitrogens with zero attached hydrogens (tertiary/aromatic N) is 2. The highest BCUT2D eigenvalue weighted by molar-refractivity contribution is 6.16. The van der Waals surface area contributed by atoms with Gasteiger partial charge in [0, 0.05) is 6.20 Å². The molecule has 0 spiro atoms. The van der Waals surface area contributed by atoms with Crippen LogP contribution in [0.5, 0.6) is 0 Å². The highest BCUT2D eigenvalue weighted by Gasteiger charge is 2.19. The molecule has 1 atom stereocenters. The van der Waals surface area contributed by atoms with Crippen molar-refractivity contribution in [3.05, 3.63) is 23.8 Å². The molecule has 1 aliphatic rings. The Bertz CT molecular complexity index is 303. The maximum atomic E-state index is 5.68. The smallest absolute Gasteiger partial charge is 0.159 e. The first kappa shape index (κ1) is 9.83. The lowest BCUT2D eigenvalue weighted by Crippen LogP contribution is -2.23. The highest BCUT2D eigenvalue weighted by atomic mass is 35.5. The molecule has 5 heteroatoms. The van der Waals surface area contributed by atoms with Crippen LogP contribution in [0.3, 0.4) is 0 Å². The summed E-state index contributed by atoms with van der Waals surface area (Å²) in [6, 6.07) is 1.79. The minimum absolute atomic E-state index is 0.146. The van der Waals surface area contributed by atoms with Crippen molar-refractivity contribution in [1.29, 1.82) is 0 Å². The van der Waals surface area contributed by atoms with Gasteiger partial charge in [0.1, 0.15) is 6.10 Å². The lowest BCUT2D eigenvalue weighted by atomic mass is 10.3. The van der Waals surface area contributed by atoms with E-state index in [1.54, 1.807) is 12.3 Å². The normalized spacial score (nSPS) is 22.2. The van der Waals surface area contributed by atoms with E-state index in [0.29, 0.717) is 31.5 Å². The molecule has 0 aliphatic carbocycles. The van der Waals surface area contributed by atoms with E-state index in [0.717, 1.165) is 5.69 Å². The number of aromatic nitrogens is 2. The zero-order chi connectivity index (χ0) is 9.80. The van der Waals surface area contributed by atoms with Crippen molar-refractivity contribution >= 4 is 11.6 Å². The first-order chi connectivity index (χ1) is 6.90. The average molecular weight is 215 g/mol. The van der Waals surface area contributed by atoms with Crippen molar-refractivity contribution in [3.63, 3.8) is 0 Å². The Balaban J connectivity index is 2.13. The average Bonchev–Trinajstić information content (AvgIpc) is 2.30. The van der Waals surface area contributed by atoms with Crippen LogP contribution < -0.4 is 0 Å². The number of hydrogen-bond acceptors (Lipinski definition) is 4. The fourth-order valence-corrected chi connectivity index (χ4v) is 1.43. The Labute approximate surface area is 87.2 Å². The lowest BCUT2D eigenvalue weighted by molar-refractivity contribution is -0.0935. The molecular formula is C9H11ClN2O2. The summed E-state index contributed by atoms with van der Waals surface area (Å²) in [6.07, 6.45) is 1.55. The van der Waals surface area contributed by atoms with Gasteiger partial charge in [0.2, 0.25) is 0 Å². The van der Waals surface area contributed by atoms with Gasteiger partial charge in [0.05, 0.1) is 31.4 Å². The summed E-state index contributed by atoms with van der Waals surface area (Å²) in [7, 11) is 0. The summed E-state index contributed by atoms with van der Waals surface area (Å²) >= 11 is 5.68. The van der Waals surface area contributed by atoms with E-state index in [9.17, 15) is 0 Å². The molecule has 2 heterocycles. The SMILES string of the molecule is ClCc1ccnc(C2COCCO2)n1. The van der Waals surface area contributed by atoms with Gasteiger partial charge in [-0.05, 0) is 6.07 Å². The molecule has 1 aromatic rings. The standard InChI is InChI=1S/C9H11ClN2O2/c10-5-7-1-2-11-9(12-7)8-6-13-3-4-14-8/h1-2,8H,3-6H2. The molecule has 1 aromatic heterocycles. The van der Waals surface area contributed by atoms with Crippen LogP contribution in [-0.2, 0) is 15.4 Å². The maximum absolute atomic E-state index is 5.68. The largest absolute Gasteiger partial charge is 0.376 e. The summed E-state index contributed by atoms with van der Waals surface area (Å²) in [5.74, 6) is 1.05. The second-order valence-corrected chi connectivity index (χ2v) is 3.24. The molecule has 0 N–H and O–H groups in total. The van der Waals surface area contributed by atoms with Crippen LogP contribution in [0.15, 0.2) is 12.3 Å². The molecule has 1 aliphatic heterocycles. The Morgan fingerprint density at radius 1 is 1.50 bits per heavy atom. The number of hydrogen-bond donors (Lipinski definition) is 0. The zero-order valence-electron chi connectivity index (χ0n) is 7.65. The first-order valence-corrected chi connectivity index (χ1v) is 5.01. The lowest BCUT2D eigenvalue weighted by Gasteiger charge is -2.21. The van der Waals surface area contributed by atoms with E-state index in [-0.39, 0.29) is 6.10 Å². The molecule has 1 saturated heterocycles. The van der Waals surface area contributed by atoms with Gasteiger partial charge in [0.25, 0.3) is 0 Å². The van der Waals surface area contributed by atoms with E-state index < -0.39 is 0 Å². The Morgan fingerprint density at radius 2 is 2.43 bits per heavy atom. The zero-order valence-corrected chi connectivity index (χ0v) is 8.41. The van der Waals surface area contributed by atoms with E-state index in [1.807, 2.05) is 0 Å². The third-order valence-corrected chi connectivity index (χ3v) is 2.25. The summed E-state index contributed by atoms with van der Waals surface area (Å²) in [6.45, 7) is 1.76. The van der Waals surface area contributed by atoms with Gasteiger partial charge in [-0.25, -0.2) is 9.97 Å². The Kier molecular flexibility index (Phi) is 3.29. The number of halogens is 1. The molecule has 2 rings (SSSR count). The van der Waals surface area contributed by atoms with Gasteiger partial charge in [0.15, 0.2) is 5.82 Å². The number of alkyl halides is 1. The van der Waals surface area contributed by atoms with Gasteiger partial charge in [-0.1, -0.05) is 0 Å². The van der Waals surface area contributed by atoms with Crippen molar-refractivity contribution in [2.45, 2.75) is 12.0 Å². The summed E-state index contributed by atoms with van der Waals surface area (Å²) in [5, 5.41) is 0. The Morgan fingerprint density at radius 3 is 3.14 bits per heavy atom. The van der Waals surface area contributed by atoms with Gasteiger partial charge >= 0.3 is 0 Å². The van der Waals surface area contributed by atoms with Crippen LogP contribution in [0.4, 0.5) is 0 Å². The molecule has 0 amide bonds. The van der Waals surface area contributed by atoms with Crippen LogP contribution in [-0.4, -0.2) is 29.8 Å². The quantitative estimate of drug-likeness (QED) is 0.697. The van der Waals surface area contributed by atoms with Gasteiger partial charge < -0.3 is 9.47 Å². The van der Waals surface area contributed by atoms with Crippen molar-refractivity contribution in [1.82, 2.24) is 9.97 Å². The van der Waals surface area contributed by atoms with E-state index >= 15 is 0 Å². The second kappa shape index (κ2) is 4.68. The minimum atomic E-state index is -0.146. The van der Waals surface area contributed by atoms with E-state index in [1.165, 1.54) is 0 Å². The van der Waals surface area contributed by atoms with E-state index in [2.05, 4.69) is 9.97 Å². The summed E-state index contributed by atoms with van der Waals surface area (Å²) in [5.41, 5.74) is 0.811. The molecule has 0 saturated carbocycles. The Hall–Kier alpha value is -0.710. The molecule has 4 nitrogen and oxygen atoms in total. The van der Waals surface area contributed by atoms with Crippen LogP contribution >= 0.6 is 11.6 Å². The third-order valence-electron chi connectivity index (χ3n) is 1.97. The van der Waals surface area contributed by atoms with Crippen LogP contribution in [0.1, 0.15) is 17.6 Å². The monoisotopic (exact) mass is 214 g/mol. The van der Waals surface area contributed by atoms with Crippen LogP contribution in [0.2, 0.25) is 0 Å². The molecule has 0 radical (unpaired) electrons. The predicted molar refractivity (Wildman–Crippen MR) is 51.1 cm³/mol. The molecule has 76 valence electrons. The molecular weight excluding hydrogens is 204 g/mol. The fourth-order valence-electron chi connectivity index (χ4n) is 1.28. The fraction of sp³-hybridized carbons (Fsp3) is 0.556. The molecule has 1 unspecified atom stereocenters. The predicted octanol–water partition coefficient (Wildman–Crippen LogP) is 1.30. The second-order valence-electron chi connectivity index (χ2n) is 2.97.